The number of amides is 2. The first-order valence-corrected chi connectivity index (χ1v) is 9.04. The molecule has 5 heteroatoms. The van der Waals surface area contributed by atoms with Gasteiger partial charge in [0.2, 0.25) is 5.91 Å². The zero-order valence-corrected chi connectivity index (χ0v) is 14.9. The fourth-order valence-corrected chi connectivity index (χ4v) is 4.34. The van der Waals surface area contributed by atoms with E-state index in [0.29, 0.717) is 0 Å². The van der Waals surface area contributed by atoms with E-state index in [2.05, 4.69) is 41.8 Å². The van der Waals surface area contributed by atoms with Gasteiger partial charge in [-0.05, 0) is 30.3 Å². The summed E-state index contributed by atoms with van der Waals surface area (Å²) in [4.78, 5) is 25.6. The van der Waals surface area contributed by atoms with E-state index < -0.39 is 5.25 Å². The van der Waals surface area contributed by atoms with Crippen molar-refractivity contribution < 1.29 is 9.59 Å². The van der Waals surface area contributed by atoms with Gasteiger partial charge in [0.15, 0.2) is 0 Å². The zero-order valence-electron chi connectivity index (χ0n) is 14.1. The summed E-state index contributed by atoms with van der Waals surface area (Å²) in [5.74, 6) is -0.145. The number of hydrogen-bond acceptors (Lipinski definition) is 3. The number of likely N-dealkylation sites (N-methyl/N-ethyl adjacent to an activating group) is 1. The molecule has 25 heavy (non-hydrogen) atoms. The second kappa shape index (κ2) is 6.08. The maximum Gasteiger partial charge on any atom is 0.289 e. The number of carbonyl (C=O) groups is 2. The van der Waals surface area contributed by atoms with Crippen molar-refractivity contribution in [2.75, 3.05) is 7.05 Å². The maximum absolute atomic E-state index is 12.4. The van der Waals surface area contributed by atoms with Crippen LogP contribution in [0.2, 0.25) is 0 Å². The van der Waals surface area contributed by atoms with Gasteiger partial charge in [0.25, 0.3) is 5.24 Å². The van der Waals surface area contributed by atoms with Crippen molar-refractivity contribution in [2.24, 2.45) is 0 Å². The second-order valence-corrected chi connectivity index (χ2v) is 7.44. The van der Waals surface area contributed by atoms with Crippen molar-refractivity contribution in [1.29, 1.82) is 0 Å². The van der Waals surface area contributed by atoms with Crippen LogP contribution < -0.4 is 0 Å². The lowest BCUT2D eigenvalue weighted by atomic mass is 10.1. The van der Waals surface area contributed by atoms with Gasteiger partial charge in [-0.3, -0.25) is 14.5 Å². The Bertz CT molecular complexity index is 992. The van der Waals surface area contributed by atoms with E-state index >= 15 is 0 Å². The molecule has 0 aliphatic carbocycles. The lowest BCUT2D eigenvalue weighted by Crippen LogP contribution is -2.24. The van der Waals surface area contributed by atoms with Gasteiger partial charge in [0.1, 0.15) is 5.25 Å². The summed E-state index contributed by atoms with van der Waals surface area (Å²) in [5, 5.41) is 0.385. The second-order valence-electron chi connectivity index (χ2n) is 6.38. The minimum absolute atomic E-state index is 0.145. The van der Waals surface area contributed by atoms with E-state index in [-0.39, 0.29) is 11.1 Å². The predicted octanol–water partition coefficient (Wildman–Crippen LogP) is 4.36. The van der Waals surface area contributed by atoms with Gasteiger partial charge in [0.05, 0.1) is 0 Å². The van der Waals surface area contributed by atoms with Gasteiger partial charge in [-0.2, -0.15) is 0 Å². The lowest BCUT2D eigenvalue weighted by Gasteiger charge is -2.07. The molecule has 1 saturated heterocycles. The Morgan fingerprint density at radius 2 is 1.88 bits per heavy atom. The molecule has 1 aliphatic heterocycles. The summed E-state index contributed by atoms with van der Waals surface area (Å²) in [5.41, 5.74) is 4.43. The van der Waals surface area contributed by atoms with Crippen LogP contribution in [0.3, 0.4) is 0 Å². The molecule has 126 valence electrons. The Kier molecular flexibility index (Phi) is 3.88. The van der Waals surface area contributed by atoms with Crippen molar-refractivity contribution in [3.8, 4) is 0 Å². The van der Waals surface area contributed by atoms with Gasteiger partial charge in [-0.25, -0.2) is 0 Å². The highest BCUT2D eigenvalue weighted by Gasteiger charge is 2.39. The average Bonchev–Trinajstić information content (AvgIpc) is 3.08. The van der Waals surface area contributed by atoms with Crippen LogP contribution in [0, 0.1) is 6.92 Å². The number of aryl methyl sites for hydroxylation is 1. The molecule has 0 saturated carbocycles. The first-order chi connectivity index (χ1) is 12.0. The van der Waals surface area contributed by atoms with Crippen LogP contribution in [0.4, 0.5) is 4.79 Å². The van der Waals surface area contributed by atoms with Crippen LogP contribution in [-0.4, -0.2) is 27.7 Å². The summed E-state index contributed by atoms with van der Waals surface area (Å²) in [7, 11) is 1.55. The van der Waals surface area contributed by atoms with Crippen LogP contribution in [0.1, 0.15) is 21.9 Å². The highest BCUT2D eigenvalue weighted by molar-refractivity contribution is 8.15. The van der Waals surface area contributed by atoms with Gasteiger partial charge >= 0.3 is 0 Å². The van der Waals surface area contributed by atoms with Crippen LogP contribution in [0.15, 0.2) is 54.7 Å². The molecule has 0 bridgehead atoms. The average molecular weight is 350 g/mol. The molecule has 3 aromatic rings. The van der Waals surface area contributed by atoms with E-state index in [1.165, 1.54) is 16.0 Å². The predicted molar refractivity (Wildman–Crippen MR) is 101 cm³/mol. The molecule has 2 aromatic carbocycles. The van der Waals surface area contributed by atoms with Crippen LogP contribution in [0.25, 0.3) is 10.9 Å². The van der Waals surface area contributed by atoms with Crippen molar-refractivity contribution in [2.45, 2.75) is 18.7 Å². The van der Waals surface area contributed by atoms with E-state index in [9.17, 15) is 9.59 Å². The Morgan fingerprint density at radius 3 is 2.60 bits per heavy atom. The van der Waals surface area contributed by atoms with Gasteiger partial charge in [-0.15, -0.1) is 0 Å². The lowest BCUT2D eigenvalue weighted by molar-refractivity contribution is -0.125. The first kappa shape index (κ1) is 16.0. The van der Waals surface area contributed by atoms with Crippen molar-refractivity contribution in [1.82, 2.24) is 9.47 Å². The molecule has 1 unspecified atom stereocenters. The third-order valence-electron chi connectivity index (χ3n) is 4.58. The number of rotatable bonds is 3. The van der Waals surface area contributed by atoms with Crippen molar-refractivity contribution >= 4 is 33.8 Å². The minimum atomic E-state index is -0.457. The summed E-state index contributed by atoms with van der Waals surface area (Å²) >= 11 is 1.10. The molecular formula is C20H18N2O2S. The first-order valence-electron chi connectivity index (χ1n) is 8.16. The quantitative estimate of drug-likeness (QED) is 0.705. The number of nitrogens with zero attached hydrogens (tertiary/aromatic N) is 2. The number of thioether (sulfide) groups is 1. The van der Waals surface area contributed by atoms with E-state index in [4.69, 9.17) is 0 Å². The largest absolute Gasteiger partial charge is 0.343 e. The van der Waals surface area contributed by atoms with E-state index in [0.717, 1.165) is 34.8 Å². The van der Waals surface area contributed by atoms with E-state index in [1.807, 2.05) is 24.4 Å². The molecule has 0 radical (unpaired) electrons. The molecule has 1 fully saturated rings. The van der Waals surface area contributed by atoms with Gasteiger partial charge in [0, 0.05) is 36.3 Å². The van der Waals surface area contributed by atoms with Crippen LogP contribution in [-0.2, 0) is 11.3 Å². The Balaban J connectivity index is 1.79. The Labute approximate surface area is 150 Å². The topological polar surface area (TPSA) is 42.3 Å². The molecule has 0 N–H and O–H groups in total. The number of hydrogen-bond donors (Lipinski definition) is 0. The van der Waals surface area contributed by atoms with Crippen molar-refractivity contribution in [3.63, 3.8) is 0 Å². The summed E-state index contributed by atoms with van der Waals surface area (Å²) in [6, 6.07) is 16.5. The summed E-state index contributed by atoms with van der Waals surface area (Å²) in [6.45, 7) is 2.82. The molecule has 4 rings (SSSR count). The molecule has 2 amide bonds. The standard InChI is InChI=1S/C20H18N2O2S/c1-13-6-5-7-14(10-13)11-22-12-16(15-8-3-4-9-17(15)22)18-19(23)21(2)20(24)25-18/h3-10,12,18H,11H2,1-2H3. The van der Waals surface area contributed by atoms with E-state index in [1.54, 1.807) is 7.05 Å². The molecule has 1 aliphatic rings. The molecule has 4 nitrogen and oxygen atoms in total. The molecular weight excluding hydrogens is 332 g/mol. The zero-order chi connectivity index (χ0) is 17.6. The molecule has 2 heterocycles. The third-order valence-corrected chi connectivity index (χ3v) is 5.75. The fourth-order valence-electron chi connectivity index (χ4n) is 3.31. The number of benzene rings is 2. The SMILES string of the molecule is Cc1cccc(Cn2cc(C3SC(=O)N(C)C3=O)c3ccccc32)c1. The number of para-hydroxylation sites is 1. The fraction of sp³-hybridized carbons (Fsp3) is 0.200. The highest BCUT2D eigenvalue weighted by Crippen LogP contribution is 2.42. The molecule has 1 atom stereocenters. The Hall–Kier alpha value is -2.53. The van der Waals surface area contributed by atoms with Crippen molar-refractivity contribution in [3.05, 3.63) is 71.4 Å². The number of carbonyl (C=O) groups excluding carboxylic acids is 2. The number of aromatic nitrogens is 1. The smallest absolute Gasteiger partial charge is 0.289 e. The van der Waals surface area contributed by atoms with Gasteiger partial charge in [-0.1, -0.05) is 48.0 Å². The normalized spacial score (nSPS) is 17.7. The third kappa shape index (κ3) is 2.74. The summed E-state index contributed by atoms with van der Waals surface area (Å²) in [6.07, 6.45) is 2.02. The minimum Gasteiger partial charge on any atom is -0.343 e. The number of fused-ring (bicyclic) bond motifs is 1. The molecule has 0 spiro atoms. The van der Waals surface area contributed by atoms with Gasteiger partial charge < -0.3 is 4.57 Å². The molecule has 1 aromatic heterocycles. The Morgan fingerprint density at radius 1 is 1.08 bits per heavy atom. The van der Waals surface area contributed by atoms with Crippen LogP contribution >= 0.6 is 11.8 Å². The highest BCUT2D eigenvalue weighted by atomic mass is 32.2. The maximum atomic E-state index is 12.4. The monoisotopic (exact) mass is 350 g/mol. The number of imide groups is 1. The summed E-state index contributed by atoms with van der Waals surface area (Å²) < 4.78 is 2.16. The van der Waals surface area contributed by atoms with Crippen LogP contribution in [0.5, 0.6) is 0 Å².